The molecule has 11 nitrogen and oxygen atoms in total. The minimum atomic E-state index is -0.507. The fraction of sp³-hybridized carbons (Fsp3) is 0.0417. The fourth-order valence-electron chi connectivity index (χ4n) is 3.28. The molecule has 0 fully saturated rings. The quantitative estimate of drug-likeness (QED) is 0.282. The summed E-state index contributed by atoms with van der Waals surface area (Å²) in [6, 6.07) is 17.2. The molecule has 12 heteroatoms. The zero-order valence-corrected chi connectivity index (χ0v) is 19.3. The van der Waals surface area contributed by atoms with E-state index >= 15 is 0 Å². The molecular formula is C24H18ClN7O4. The molecule has 0 saturated heterocycles. The summed E-state index contributed by atoms with van der Waals surface area (Å²) in [6.45, 7) is 0.187. The molecule has 0 atom stereocenters. The molecule has 0 aliphatic carbocycles. The predicted molar refractivity (Wildman–Crippen MR) is 132 cm³/mol. The summed E-state index contributed by atoms with van der Waals surface area (Å²) in [6.07, 6.45) is 4.17. The minimum absolute atomic E-state index is 0.0190. The molecule has 0 aliphatic heterocycles. The first kappa shape index (κ1) is 22.9. The molecule has 0 bridgehead atoms. The van der Waals surface area contributed by atoms with Crippen LogP contribution >= 0.6 is 11.6 Å². The highest BCUT2D eigenvalue weighted by Crippen LogP contribution is 2.23. The second-order valence-corrected chi connectivity index (χ2v) is 7.96. The van der Waals surface area contributed by atoms with E-state index in [4.69, 9.17) is 20.9 Å². The van der Waals surface area contributed by atoms with Crippen molar-refractivity contribution in [1.82, 2.24) is 24.9 Å². The molecule has 2 aromatic carbocycles. The van der Waals surface area contributed by atoms with Gasteiger partial charge in [-0.25, -0.2) is 4.98 Å². The van der Waals surface area contributed by atoms with E-state index in [1.807, 2.05) is 12.1 Å². The Morgan fingerprint density at radius 1 is 1.08 bits per heavy atom. The molecule has 3 aromatic heterocycles. The monoisotopic (exact) mass is 503 g/mol. The van der Waals surface area contributed by atoms with E-state index < -0.39 is 11.5 Å². The third-order valence-electron chi connectivity index (χ3n) is 5.04. The van der Waals surface area contributed by atoms with Gasteiger partial charge in [-0.2, -0.15) is 5.10 Å². The molecule has 0 unspecified atom stereocenters. The van der Waals surface area contributed by atoms with Gasteiger partial charge in [0.15, 0.2) is 0 Å². The van der Waals surface area contributed by atoms with E-state index in [1.54, 1.807) is 42.5 Å². The highest BCUT2D eigenvalue weighted by Gasteiger charge is 2.15. The fourth-order valence-corrected chi connectivity index (χ4v) is 3.40. The maximum Gasteiger partial charge on any atom is 0.279 e. The molecule has 0 spiro atoms. The number of aromatic nitrogens is 5. The molecule has 5 rings (SSSR count). The molecule has 1 amide bonds. The molecule has 0 aliphatic rings. The number of nitrogens with one attached hydrogen (secondary N) is 3. The first-order chi connectivity index (χ1) is 17.5. The van der Waals surface area contributed by atoms with Crippen LogP contribution in [0.15, 0.2) is 88.6 Å². The van der Waals surface area contributed by atoms with Crippen molar-refractivity contribution < 1.29 is 14.1 Å². The molecule has 3 heterocycles. The lowest BCUT2D eigenvalue weighted by molar-refractivity contribution is 0.102. The lowest BCUT2D eigenvalue weighted by Gasteiger charge is -2.16. The summed E-state index contributed by atoms with van der Waals surface area (Å²) in [5.41, 5.74) is 1.27. The van der Waals surface area contributed by atoms with Crippen molar-refractivity contribution in [1.29, 1.82) is 0 Å². The van der Waals surface area contributed by atoms with E-state index in [1.165, 1.54) is 29.3 Å². The van der Waals surface area contributed by atoms with Crippen LogP contribution in [0.3, 0.4) is 0 Å². The zero-order chi connectivity index (χ0) is 24.9. The SMILES string of the molecule is O=C(Nc1cnc(Nc2ccc(Oc3ccon3)cc2)n(Cc2ccc(Cl)cc2)c1=O)c1ccn[nH]1. The van der Waals surface area contributed by atoms with Gasteiger partial charge in [-0.05, 0) is 53.2 Å². The van der Waals surface area contributed by atoms with Crippen molar-refractivity contribution in [2.24, 2.45) is 0 Å². The van der Waals surface area contributed by atoms with Gasteiger partial charge in [-0.1, -0.05) is 23.7 Å². The number of carbonyl (C=O) groups is 1. The standard InChI is InChI=1S/C24H18ClN7O4/c25-16-3-1-15(2-4-16)14-32-23(34)20(29-22(33)19-9-11-27-30-19)13-26-24(32)28-17-5-7-18(8-6-17)36-21-10-12-35-31-21/h1-13H,14H2,(H,26,28)(H,27,30)(H,29,33). The van der Waals surface area contributed by atoms with Gasteiger partial charge in [0, 0.05) is 23.0 Å². The van der Waals surface area contributed by atoms with E-state index in [0.717, 1.165) is 5.56 Å². The van der Waals surface area contributed by atoms with Crippen molar-refractivity contribution >= 4 is 34.8 Å². The second kappa shape index (κ2) is 10.2. The Hall–Kier alpha value is -4.90. The lowest BCUT2D eigenvalue weighted by Crippen LogP contribution is -2.29. The Balaban J connectivity index is 1.43. The van der Waals surface area contributed by atoms with Crippen LogP contribution in [0.25, 0.3) is 0 Å². The van der Waals surface area contributed by atoms with Gasteiger partial charge in [-0.3, -0.25) is 19.3 Å². The number of anilines is 3. The largest absolute Gasteiger partial charge is 0.436 e. The third-order valence-corrected chi connectivity index (χ3v) is 5.29. The van der Waals surface area contributed by atoms with Crippen LogP contribution < -0.4 is 20.9 Å². The maximum absolute atomic E-state index is 13.4. The van der Waals surface area contributed by atoms with Gasteiger partial charge in [0.2, 0.25) is 5.95 Å². The summed E-state index contributed by atoms with van der Waals surface area (Å²) in [4.78, 5) is 30.2. The van der Waals surface area contributed by atoms with Crippen molar-refractivity contribution in [3.05, 3.63) is 106 Å². The third kappa shape index (κ3) is 5.26. The van der Waals surface area contributed by atoms with Gasteiger partial charge in [-0.15, -0.1) is 0 Å². The maximum atomic E-state index is 13.4. The molecule has 0 radical (unpaired) electrons. The number of amides is 1. The number of hydrogen-bond acceptors (Lipinski definition) is 8. The van der Waals surface area contributed by atoms with Crippen LogP contribution in [0, 0.1) is 0 Å². The van der Waals surface area contributed by atoms with E-state index in [-0.39, 0.29) is 23.9 Å². The summed E-state index contributed by atoms with van der Waals surface area (Å²) in [7, 11) is 0. The minimum Gasteiger partial charge on any atom is -0.436 e. The van der Waals surface area contributed by atoms with E-state index in [0.29, 0.717) is 22.3 Å². The van der Waals surface area contributed by atoms with Crippen LogP contribution in [0.1, 0.15) is 16.1 Å². The summed E-state index contributed by atoms with van der Waals surface area (Å²) in [5.74, 6) is 0.660. The number of H-pyrrole nitrogens is 1. The summed E-state index contributed by atoms with van der Waals surface area (Å²) < 4.78 is 11.8. The lowest BCUT2D eigenvalue weighted by atomic mass is 10.2. The van der Waals surface area contributed by atoms with Gasteiger partial charge in [0.25, 0.3) is 17.3 Å². The Bertz CT molecular complexity index is 1510. The number of nitrogens with zero attached hydrogens (tertiary/aromatic N) is 4. The number of carbonyl (C=O) groups excluding carboxylic acids is 1. The molecule has 3 N–H and O–H groups in total. The number of hydrogen-bond donors (Lipinski definition) is 3. The Morgan fingerprint density at radius 3 is 2.58 bits per heavy atom. The van der Waals surface area contributed by atoms with E-state index in [9.17, 15) is 9.59 Å². The summed E-state index contributed by atoms with van der Waals surface area (Å²) in [5, 5.41) is 16.3. The number of halogens is 1. The summed E-state index contributed by atoms with van der Waals surface area (Å²) >= 11 is 6.01. The predicted octanol–water partition coefficient (Wildman–Crippen LogP) is 4.44. The Labute approximate surface area is 208 Å². The number of ether oxygens (including phenoxy) is 1. The number of benzene rings is 2. The van der Waals surface area contributed by atoms with Crippen LogP contribution in [0.4, 0.5) is 17.3 Å². The van der Waals surface area contributed by atoms with Crippen LogP contribution in [-0.2, 0) is 6.54 Å². The average Bonchev–Trinajstić information content (AvgIpc) is 3.60. The molecular weight excluding hydrogens is 486 g/mol. The highest BCUT2D eigenvalue weighted by atomic mass is 35.5. The normalized spacial score (nSPS) is 10.7. The van der Waals surface area contributed by atoms with Gasteiger partial charge in [0.1, 0.15) is 23.4 Å². The molecule has 5 aromatic rings. The average molecular weight is 504 g/mol. The topological polar surface area (TPSA) is 140 Å². The van der Waals surface area contributed by atoms with E-state index in [2.05, 4.69) is 31.0 Å². The highest BCUT2D eigenvalue weighted by molar-refractivity contribution is 6.30. The number of aromatic amines is 1. The Morgan fingerprint density at radius 2 is 1.89 bits per heavy atom. The van der Waals surface area contributed by atoms with Gasteiger partial charge in [0.05, 0.1) is 12.7 Å². The molecule has 180 valence electrons. The smallest absolute Gasteiger partial charge is 0.279 e. The van der Waals surface area contributed by atoms with Crippen LogP contribution in [0.5, 0.6) is 11.6 Å². The van der Waals surface area contributed by atoms with Crippen molar-refractivity contribution in [2.75, 3.05) is 10.6 Å². The van der Waals surface area contributed by atoms with Gasteiger partial charge < -0.3 is 19.9 Å². The first-order valence-corrected chi connectivity index (χ1v) is 11.0. The van der Waals surface area contributed by atoms with Crippen molar-refractivity contribution in [2.45, 2.75) is 6.54 Å². The van der Waals surface area contributed by atoms with Crippen molar-refractivity contribution in [3.63, 3.8) is 0 Å². The second-order valence-electron chi connectivity index (χ2n) is 7.53. The van der Waals surface area contributed by atoms with Crippen LogP contribution in [-0.4, -0.2) is 30.8 Å². The van der Waals surface area contributed by atoms with Crippen molar-refractivity contribution in [3.8, 4) is 11.6 Å². The molecule has 0 saturated carbocycles. The molecule has 36 heavy (non-hydrogen) atoms. The zero-order valence-electron chi connectivity index (χ0n) is 18.5. The number of rotatable bonds is 8. The van der Waals surface area contributed by atoms with Gasteiger partial charge >= 0.3 is 0 Å². The Kier molecular flexibility index (Phi) is 6.45. The first-order valence-electron chi connectivity index (χ1n) is 10.7. The van der Waals surface area contributed by atoms with Crippen LogP contribution in [0.2, 0.25) is 5.02 Å².